The highest BCUT2D eigenvalue weighted by molar-refractivity contribution is 7.78. The van der Waals surface area contributed by atoms with Crippen molar-refractivity contribution in [3.63, 3.8) is 0 Å². The number of fused-ring (bicyclic) bond motifs is 1. The summed E-state index contributed by atoms with van der Waals surface area (Å²) in [6.45, 7) is 1.05. The van der Waals surface area contributed by atoms with Crippen molar-refractivity contribution in [2.24, 2.45) is 0 Å². The molecule has 0 radical (unpaired) electrons. The molecule has 134 valence electrons. The minimum absolute atomic E-state index is 1.05. The smallest absolute Gasteiger partial charge is 0.0490 e. The average molecular weight is 362 g/mol. The number of anilines is 2. The monoisotopic (exact) mass is 361 g/mol. The van der Waals surface area contributed by atoms with Crippen molar-refractivity contribution in [1.82, 2.24) is 0 Å². The Labute approximate surface area is 162 Å². The molecule has 0 spiro atoms. The van der Waals surface area contributed by atoms with E-state index in [1.807, 2.05) is 5.37 Å². The van der Waals surface area contributed by atoms with Gasteiger partial charge in [-0.1, -0.05) is 86.1 Å². The first-order chi connectivity index (χ1) is 12.9. The molecule has 26 heavy (non-hydrogen) atoms. The Balaban J connectivity index is 1.75. The Kier molecular flexibility index (Phi) is 7.21. The lowest BCUT2D eigenvalue weighted by atomic mass is 10.1. The van der Waals surface area contributed by atoms with Crippen LogP contribution in [-0.4, -0.2) is 11.9 Å². The molecule has 1 nitrogen and oxygen atoms in total. The van der Waals surface area contributed by atoms with E-state index in [0.717, 1.165) is 13.0 Å². The fourth-order valence-electron chi connectivity index (χ4n) is 3.47. The standard InChI is InChI=1S/C24H27NS/c26-20-11-4-2-1-3-10-19-25(22-15-6-5-7-16-22)24-18-12-14-21-13-8-9-17-23(21)24/h5-9,12-18,20H,1-4,10-11,19H2. The lowest BCUT2D eigenvalue weighted by Gasteiger charge is -2.26. The molecule has 2 heteroatoms. The lowest BCUT2D eigenvalue weighted by Crippen LogP contribution is -2.18. The Morgan fingerprint density at radius 2 is 1.38 bits per heavy atom. The van der Waals surface area contributed by atoms with Crippen LogP contribution in [0.5, 0.6) is 0 Å². The van der Waals surface area contributed by atoms with Gasteiger partial charge in [-0.3, -0.25) is 0 Å². The fraction of sp³-hybridized carbons (Fsp3) is 0.292. The molecule has 0 aliphatic heterocycles. The number of para-hydroxylation sites is 1. The third-order valence-corrected chi connectivity index (χ3v) is 5.06. The molecule has 0 fully saturated rings. The van der Waals surface area contributed by atoms with Gasteiger partial charge in [0.25, 0.3) is 0 Å². The topological polar surface area (TPSA) is 3.24 Å². The van der Waals surface area contributed by atoms with Crippen LogP contribution >= 0.6 is 12.2 Å². The molecule has 3 aromatic carbocycles. The van der Waals surface area contributed by atoms with Gasteiger partial charge in [0.2, 0.25) is 0 Å². The molecule has 0 saturated heterocycles. The Morgan fingerprint density at radius 3 is 2.23 bits per heavy atom. The minimum Gasteiger partial charge on any atom is -0.341 e. The second-order valence-corrected chi connectivity index (χ2v) is 7.04. The maximum absolute atomic E-state index is 4.90. The molecule has 0 bridgehead atoms. The van der Waals surface area contributed by atoms with E-state index in [4.69, 9.17) is 12.2 Å². The van der Waals surface area contributed by atoms with Crippen LogP contribution in [0.15, 0.2) is 72.8 Å². The van der Waals surface area contributed by atoms with Gasteiger partial charge in [-0.05, 0) is 48.2 Å². The van der Waals surface area contributed by atoms with Crippen molar-refractivity contribution in [3.05, 3.63) is 72.8 Å². The molecule has 0 unspecified atom stereocenters. The molecule has 0 saturated carbocycles. The zero-order chi connectivity index (χ0) is 18.0. The van der Waals surface area contributed by atoms with Crippen molar-refractivity contribution in [3.8, 4) is 0 Å². The summed E-state index contributed by atoms with van der Waals surface area (Å²) in [5, 5.41) is 4.48. The average Bonchev–Trinajstić information content (AvgIpc) is 2.71. The molecule has 0 aromatic heterocycles. The van der Waals surface area contributed by atoms with E-state index in [0.29, 0.717) is 0 Å². The summed E-state index contributed by atoms with van der Waals surface area (Å²) >= 11 is 4.90. The summed E-state index contributed by atoms with van der Waals surface area (Å²) in [7, 11) is 0. The van der Waals surface area contributed by atoms with Gasteiger partial charge in [0.1, 0.15) is 0 Å². The van der Waals surface area contributed by atoms with Crippen LogP contribution in [-0.2, 0) is 0 Å². The van der Waals surface area contributed by atoms with Gasteiger partial charge in [-0.15, -0.1) is 0 Å². The first kappa shape index (κ1) is 18.6. The number of hydrogen-bond acceptors (Lipinski definition) is 2. The largest absolute Gasteiger partial charge is 0.341 e. The zero-order valence-corrected chi connectivity index (χ0v) is 16.1. The Hall–Kier alpha value is -2.19. The van der Waals surface area contributed by atoms with Crippen molar-refractivity contribution >= 4 is 39.7 Å². The summed E-state index contributed by atoms with van der Waals surface area (Å²) in [6, 6.07) is 26.0. The van der Waals surface area contributed by atoms with Crippen LogP contribution in [0.4, 0.5) is 11.4 Å². The Bertz CT molecular complexity index is 807. The molecule has 0 N–H and O–H groups in total. The molecule has 0 atom stereocenters. The zero-order valence-electron chi connectivity index (χ0n) is 15.3. The van der Waals surface area contributed by atoms with Gasteiger partial charge >= 0.3 is 0 Å². The van der Waals surface area contributed by atoms with Crippen molar-refractivity contribution in [2.75, 3.05) is 11.4 Å². The molecule has 3 rings (SSSR count). The second-order valence-electron chi connectivity index (χ2n) is 6.71. The summed E-state index contributed by atoms with van der Waals surface area (Å²) in [6.07, 6.45) is 7.35. The maximum Gasteiger partial charge on any atom is 0.0490 e. The molecular weight excluding hydrogens is 334 g/mol. The molecule has 0 heterocycles. The minimum atomic E-state index is 1.05. The van der Waals surface area contributed by atoms with Crippen LogP contribution in [0.3, 0.4) is 0 Å². The van der Waals surface area contributed by atoms with Crippen LogP contribution in [0.2, 0.25) is 0 Å². The van der Waals surface area contributed by atoms with E-state index in [1.165, 1.54) is 54.3 Å². The Morgan fingerprint density at radius 1 is 0.692 bits per heavy atom. The molecule has 3 aromatic rings. The summed E-state index contributed by atoms with van der Waals surface area (Å²) < 4.78 is 0. The maximum atomic E-state index is 4.90. The van der Waals surface area contributed by atoms with E-state index in [1.54, 1.807) is 0 Å². The molecule has 0 aliphatic carbocycles. The number of unbranched alkanes of at least 4 members (excludes halogenated alkanes) is 5. The SMILES string of the molecule is S=CCCCCCCCN(c1ccccc1)c1cccc2ccccc12. The van der Waals surface area contributed by atoms with Crippen molar-refractivity contribution < 1.29 is 0 Å². The van der Waals surface area contributed by atoms with E-state index in [9.17, 15) is 0 Å². The van der Waals surface area contributed by atoms with Gasteiger partial charge in [0.15, 0.2) is 0 Å². The molecular formula is C24H27NS. The first-order valence-corrected chi connectivity index (χ1v) is 10.1. The predicted molar refractivity (Wildman–Crippen MR) is 119 cm³/mol. The van der Waals surface area contributed by atoms with Gasteiger partial charge in [0.05, 0.1) is 0 Å². The van der Waals surface area contributed by atoms with Crippen molar-refractivity contribution in [2.45, 2.75) is 38.5 Å². The van der Waals surface area contributed by atoms with E-state index >= 15 is 0 Å². The highest BCUT2D eigenvalue weighted by atomic mass is 32.1. The van der Waals surface area contributed by atoms with Crippen LogP contribution < -0.4 is 4.90 Å². The quantitative estimate of drug-likeness (QED) is 0.275. The number of hydrogen-bond donors (Lipinski definition) is 0. The highest BCUT2D eigenvalue weighted by Crippen LogP contribution is 2.32. The molecule has 0 amide bonds. The predicted octanol–water partition coefficient (Wildman–Crippen LogP) is 7.32. The van der Waals surface area contributed by atoms with Gasteiger partial charge < -0.3 is 4.90 Å². The van der Waals surface area contributed by atoms with Crippen LogP contribution in [0.25, 0.3) is 10.8 Å². The third kappa shape index (κ3) is 4.92. The van der Waals surface area contributed by atoms with E-state index in [-0.39, 0.29) is 0 Å². The van der Waals surface area contributed by atoms with Crippen LogP contribution in [0, 0.1) is 0 Å². The van der Waals surface area contributed by atoms with Gasteiger partial charge in [0, 0.05) is 23.3 Å². The number of nitrogens with zero attached hydrogens (tertiary/aromatic N) is 1. The summed E-state index contributed by atoms with van der Waals surface area (Å²) in [5.74, 6) is 0. The third-order valence-electron chi connectivity index (χ3n) is 4.83. The fourth-order valence-corrected chi connectivity index (χ4v) is 3.63. The lowest BCUT2D eigenvalue weighted by molar-refractivity contribution is 0.626. The highest BCUT2D eigenvalue weighted by Gasteiger charge is 2.11. The van der Waals surface area contributed by atoms with Gasteiger partial charge in [-0.2, -0.15) is 0 Å². The number of benzene rings is 3. The van der Waals surface area contributed by atoms with E-state index < -0.39 is 0 Å². The first-order valence-electron chi connectivity index (χ1n) is 9.64. The number of rotatable bonds is 10. The van der Waals surface area contributed by atoms with Crippen LogP contribution in [0.1, 0.15) is 38.5 Å². The van der Waals surface area contributed by atoms with E-state index in [2.05, 4.69) is 77.7 Å². The molecule has 0 aliphatic rings. The summed E-state index contributed by atoms with van der Waals surface area (Å²) in [4.78, 5) is 2.47. The number of thiocarbonyl (C=S) groups is 1. The van der Waals surface area contributed by atoms with Crippen molar-refractivity contribution in [1.29, 1.82) is 0 Å². The van der Waals surface area contributed by atoms with Gasteiger partial charge in [-0.25, -0.2) is 0 Å². The normalized spacial score (nSPS) is 10.8. The summed E-state index contributed by atoms with van der Waals surface area (Å²) in [5.41, 5.74) is 2.57. The second kappa shape index (κ2) is 10.1.